The van der Waals surface area contributed by atoms with Crippen LogP contribution in [0, 0.1) is 0 Å². The van der Waals surface area contributed by atoms with Gasteiger partial charge in [-0.05, 0) is 30.3 Å². The molecule has 0 saturated heterocycles. The summed E-state index contributed by atoms with van der Waals surface area (Å²) in [6, 6.07) is 8.87. The van der Waals surface area contributed by atoms with Crippen LogP contribution in [-0.4, -0.2) is 5.11 Å². The molecule has 2 rings (SSSR count). The van der Waals surface area contributed by atoms with E-state index in [9.17, 15) is 0 Å². The lowest BCUT2D eigenvalue weighted by Crippen LogP contribution is -1.97. The number of anilines is 1. The molecule has 0 radical (unpaired) electrons. The highest BCUT2D eigenvalue weighted by molar-refractivity contribution is 6.42. The van der Waals surface area contributed by atoms with Crippen LogP contribution in [-0.2, 0) is 13.2 Å². The number of halogens is 2. The van der Waals surface area contributed by atoms with Crippen LogP contribution in [0.25, 0.3) is 0 Å². The number of nitrogens with one attached hydrogen (secondary N) is 1. The summed E-state index contributed by atoms with van der Waals surface area (Å²) in [6.45, 7) is 0.435. The Labute approximate surface area is 109 Å². The maximum atomic E-state index is 8.86. The number of hydrogen-bond acceptors (Lipinski definition) is 3. The van der Waals surface area contributed by atoms with Crippen LogP contribution in [0.4, 0.5) is 5.69 Å². The molecule has 2 aromatic rings. The molecule has 2 N–H and O–H groups in total. The van der Waals surface area contributed by atoms with Crippen LogP contribution in [0.3, 0.4) is 0 Å². The quantitative estimate of drug-likeness (QED) is 0.892. The van der Waals surface area contributed by atoms with E-state index in [0.717, 1.165) is 11.4 Å². The topological polar surface area (TPSA) is 45.4 Å². The average molecular weight is 272 g/mol. The lowest BCUT2D eigenvalue weighted by atomic mass is 10.3. The summed E-state index contributed by atoms with van der Waals surface area (Å²) in [6.07, 6.45) is 0. The number of aliphatic hydroxyl groups excluding tert-OH is 1. The summed E-state index contributed by atoms with van der Waals surface area (Å²) >= 11 is 11.7. The van der Waals surface area contributed by atoms with E-state index in [-0.39, 0.29) is 6.61 Å². The molecular weight excluding hydrogens is 261 g/mol. The third-order valence-corrected chi connectivity index (χ3v) is 3.00. The lowest BCUT2D eigenvalue weighted by molar-refractivity contribution is 0.244. The van der Waals surface area contributed by atoms with Gasteiger partial charge in [0, 0.05) is 5.69 Å². The SMILES string of the molecule is OCc1ccc(CNc2ccc(Cl)c(Cl)c2)o1. The number of hydrogen-bond donors (Lipinski definition) is 2. The maximum Gasteiger partial charge on any atom is 0.129 e. The fourth-order valence-corrected chi connectivity index (χ4v) is 1.70. The molecule has 0 aliphatic rings. The Kier molecular flexibility index (Phi) is 3.94. The van der Waals surface area contributed by atoms with E-state index in [1.807, 2.05) is 12.1 Å². The average Bonchev–Trinajstić information content (AvgIpc) is 2.79. The van der Waals surface area contributed by atoms with Crippen molar-refractivity contribution in [3.8, 4) is 0 Å². The Morgan fingerprint density at radius 3 is 2.47 bits per heavy atom. The van der Waals surface area contributed by atoms with Gasteiger partial charge in [-0.1, -0.05) is 23.2 Å². The van der Waals surface area contributed by atoms with E-state index in [1.165, 1.54) is 0 Å². The first kappa shape index (κ1) is 12.3. The molecule has 0 spiro atoms. The summed E-state index contributed by atoms with van der Waals surface area (Å²) in [7, 11) is 0. The van der Waals surface area contributed by atoms with Gasteiger partial charge in [0.1, 0.15) is 18.1 Å². The Morgan fingerprint density at radius 1 is 1.06 bits per heavy atom. The second kappa shape index (κ2) is 5.45. The zero-order valence-corrected chi connectivity index (χ0v) is 10.4. The molecule has 1 heterocycles. The predicted octanol–water partition coefficient (Wildman–Crippen LogP) is 3.69. The van der Waals surface area contributed by atoms with E-state index in [2.05, 4.69) is 5.32 Å². The van der Waals surface area contributed by atoms with Crippen LogP contribution in [0.1, 0.15) is 11.5 Å². The Hall–Kier alpha value is -1.16. The van der Waals surface area contributed by atoms with E-state index in [4.69, 9.17) is 32.7 Å². The van der Waals surface area contributed by atoms with Gasteiger partial charge < -0.3 is 14.8 Å². The fourth-order valence-electron chi connectivity index (χ4n) is 1.40. The third kappa shape index (κ3) is 3.16. The molecule has 0 fully saturated rings. The zero-order valence-electron chi connectivity index (χ0n) is 8.91. The highest BCUT2D eigenvalue weighted by Gasteiger charge is 2.02. The molecule has 3 nitrogen and oxygen atoms in total. The molecule has 1 aromatic heterocycles. The van der Waals surface area contributed by atoms with Crippen LogP contribution in [0.5, 0.6) is 0 Å². The molecule has 1 aromatic carbocycles. The van der Waals surface area contributed by atoms with Crippen molar-refractivity contribution in [3.05, 3.63) is 51.9 Å². The van der Waals surface area contributed by atoms with Crippen molar-refractivity contribution >= 4 is 28.9 Å². The molecule has 0 saturated carbocycles. The first-order valence-corrected chi connectivity index (χ1v) is 5.82. The van der Waals surface area contributed by atoms with E-state index >= 15 is 0 Å². The van der Waals surface area contributed by atoms with Crippen molar-refractivity contribution in [3.63, 3.8) is 0 Å². The number of furan rings is 1. The van der Waals surface area contributed by atoms with Crippen molar-refractivity contribution in [2.24, 2.45) is 0 Å². The monoisotopic (exact) mass is 271 g/mol. The Balaban J connectivity index is 1.99. The minimum Gasteiger partial charge on any atom is -0.462 e. The molecule has 17 heavy (non-hydrogen) atoms. The molecule has 0 aliphatic heterocycles. The van der Waals surface area contributed by atoms with Gasteiger partial charge in [0.15, 0.2) is 0 Å². The Morgan fingerprint density at radius 2 is 1.82 bits per heavy atom. The van der Waals surface area contributed by atoms with Crippen LogP contribution < -0.4 is 5.32 Å². The van der Waals surface area contributed by atoms with Gasteiger partial charge in [0.05, 0.1) is 16.6 Å². The molecular formula is C12H11Cl2NO2. The number of aliphatic hydroxyl groups is 1. The van der Waals surface area contributed by atoms with Crippen LogP contribution >= 0.6 is 23.2 Å². The van der Waals surface area contributed by atoms with Gasteiger partial charge in [-0.15, -0.1) is 0 Å². The maximum absolute atomic E-state index is 8.86. The van der Waals surface area contributed by atoms with Gasteiger partial charge in [0.25, 0.3) is 0 Å². The van der Waals surface area contributed by atoms with Crippen molar-refractivity contribution in [2.75, 3.05) is 5.32 Å². The first-order chi connectivity index (χ1) is 8.19. The van der Waals surface area contributed by atoms with E-state index < -0.39 is 0 Å². The minimum atomic E-state index is -0.0905. The molecule has 0 amide bonds. The van der Waals surface area contributed by atoms with E-state index in [0.29, 0.717) is 22.4 Å². The number of benzene rings is 1. The highest BCUT2D eigenvalue weighted by atomic mass is 35.5. The zero-order chi connectivity index (χ0) is 12.3. The molecule has 5 heteroatoms. The van der Waals surface area contributed by atoms with Crippen molar-refractivity contribution < 1.29 is 9.52 Å². The molecule has 0 bridgehead atoms. The third-order valence-electron chi connectivity index (χ3n) is 2.26. The minimum absolute atomic E-state index is 0.0905. The van der Waals surface area contributed by atoms with Gasteiger partial charge in [-0.25, -0.2) is 0 Å². The van der Waals surface area contributed by atoms with Gasteiger partial charge in [0.2, 0.25) is 0 Å². The van der Waals surface area contributed by atoms with Gasteiger partial charge in [-0.2, -0.15) is 0 Å². The second-order valence-electron chi connectivity index (χ2n) is 3.51. The summed E-state index contributed by atoms with van der Waals surface area (Å²) < 4.78 is 5.34. The normalized spacial score (nSPS) is 10.5. The van der Waals surface area contributed by atoms with Gasteiger partial charge in [-0.3, -0.25) is 0 Å². The molecule has 0 atom stereocenters. The van der Waals surface area contributed by atoms with Crippen LogP contribution in [0.15, 0.2) is 34.7 Å². The van der Waals surface area contributed by atoms with Crippen molar-refractivity contribution in [2.45, 2.75) is 13.2 Å². The Bertz CT molecular complexity index is 511. The fraction of sp³-hybridized carbons (Fsp3) is 0.167. The highest BCUT2D eigenvalue weighted by Crippen LogP contribution is 2.25. The first-order valence-electron chi connectivity index (χ1n) is 5.06. The van der Waals surface area contributed by atoms with Gasteiger partial charge >= 0.3 is 0 Å². The van der Waals surface area contributed by atoms with Crippen molar-refractivity contribution in [1.82, 2.24) is 0 Å². The summed E-state index contributed by atoms with van der Waals surface area (Å²) in [5, 5.41) is 13.0. The standard InChI is InChI=1S/C12H11Cl2NO2/c13-11-4-1-8(5-12(11)14)15-6-9-2-3-10(7-16)17-9/h1-5,15-16H,6-7H2. The number of rotatable bonds is 4. The molecule has 0 aliphatic carbocycles. The predicted molar refractivity (Wildman–Crippen MR) is 68.4 cm³/mol. The molecule has 0 unspecified atom stereocenters. The summed E-state index contributed by atoms with van der Waals surface area (Å²) in [4.78, 5) is 0. The van der Waals surface area contributed by atoms with E-state index in [1.54, 1.807) is 18.2 Å². The van der Waals surface area contributed by atoms with Crippen LogP contribution in [0.2, 0.25) is 10.0 Å². The second-order valence-corrected chi connectivity index (χ2v) is 4.32. The largest absolute Gasteiger partial charge is 0.462 e. The summed E-state index contributed by atoms with van der Waals surface area (Å²) in [5.41, 5.74) is 0.862. The summed E-state index contributed by atoms with van der Waals surface area (Å²) in [5.74, 6) is 1.30. The lowest BCUT2D eigenvalue weighted by Gasteiger charge is -2.05. The smallest absolute Gasteiger partial charge is 0.129 e. The molecule has 90 valence electrons. The van der Waals surface area contributed by atoms with Crippen molar-refractivity contribution in [1.29, 1.82) is 0 Å².